The highest BCUT2D eigenvalue weighted by Crippen LogP contribution is 2.50. The van der Waals surface area contributed by atoms with Crippen LogP contribution in [0.15, 0.2) is 12.2 Å². The normalized spacial score (nSPS) is 31.7. The minimum Gasteiger partial charge on any atom is -0.480 e. The summed E-state index contributed by atoms with van der Waals surface area (Å²) in [6.07, 6.45) is 3.19. The maximum Gasteiger partial charge on any atom is 0.327 e. The largest absolute Gasteiger partial charge is 0.480 e. The molecule has 0 aromatic rings. The van der Waals surface area contributed by atoms with E-state index in [2.05, 4.69) is 5.32 Å². The molecule has 1 unspecified atom stereocenters. The summed E-state index contributed by atoms with van der Waals surface area (Å²) < 4.78 is -0.600. The van der Waals surface area contributed by atoms with E-state index in [0.29, 0.717) is 0 Å². The first-order valence-corrected chi connectivity index (χ1v) is 7.50. The lowest BCUT2D eigenvalue weighted by atomic mass is 9.96. The van der Waals surface area contributed by atoms with Gasteiger partial charge in [0, 0.05) is 4.75 Å². The fourth-order valence-corrected chi connectivity index (χ4v) is 4.32. The molecule has 2 aliphatic heterocycles. The molecule has 7 nitrogen and oxygen atoms in total. The van der Waals surface area contributed by atoms with Crippen molar-refractivity contribution < 1.29 is 19.5 Å². The zero-order valence-electron chi connectivity index (χ0n) is 12.1. The van der Waals surface area contributed by atoms with Crippen LogP contribution in [0.3, 0.4) is 0 Å². The summed E-state index contributed by atoms with van der Waals surface area (Å²) in [5.41, 5.74) is 5.64. The van der Waals surface area contributed by atoms with Gasteiger partial charge in [-0.1, -0.05) is 12.2 Å². The summed E-state index contributed by atoms with van der Waals surface area (Å²) in [7, 11) is 0. The summed E-state index contributed by atoms with van der Waals surface area (Å²) in [6.45, 7) is 5.31. The minimum absolute atomic E-state index is 0.352. The van der Waals surface area contributed by atoms with Crippen molar-refractivity contribution in [1.82, 2.24) is 10.2 Å². The van der Waals surface area contributed by atoms with Crippen LogP contribution < -0.4 is 11.1 Å². The highest BCUT2D eigenvalue weighted by molar-refractivity contribution is 8.01. The molecular weight excluding hydrogens is 294 g/mol. The van der Waals surface area contributed by atoms with E-state index >= 15 is 0 Å². The molecule has 2 rings (SSSR count). The summed E-state index contributed by atoms with van der Waals surface area (Å²) in [5, 5.41) is 11.5. The zero-order valence-corrected chi connectivity index (χ0v) is 12.9. The van der Waals surface area contributed by atoms with Crippen molar-refractivity contribution in [3.63, 3.8) is 0 Å². The Morgan fingerprint density at radius 2 is 2.14 bits per heavy atom. The second-order valence-electron chi connectivity index (χ2n) is 5.64. The maximum absolute atomic E-state index is 12.1. The molecular formula is C13H19N3O4S. The molecule has 0 aromatic heterocycles. The number of carbonyl (C=O) groups excluding carboxylic acids is 2. The van der Waals surface area contributed by atoms with E-state index in [4.69, 9.17) is 5.73 Å². The smallest absolute Gasteiger partial charge is 0.327 e. The minimum atomic E-state index is -1.03. The van der Waals surface area contributed by atoms with Crippen molar-refractivity contribution >= 4 is 29.5 Å². The van der Waals surface area contributed by atoms with Gasteiger partial charge in [-0.05, 0) is 20.8 Å². The van der Waals surface area contributed by atoms with E-state index in [1.807, 2.05) is 0 Å². The summed E-state index contributed by atoms with van der Waals surface area (Å²) >= 11 is 1.38. The number of aliphatic carboxylic acids is 1. The number of thioether (sulfide) groups is 1. The number of carboxylic acid groups (broad SMARTS) is 1. The predicted octanol–water partition coefficient (Wildman–Crippen LogP) is -0.478. The SMILES string of the molecule is C/C=C/C(N)C(=O)N[C@H]1C(=O)N2[C@@H]1SC(C)(C)[C@@H]2C(=O)O. The van der Waals surface area contributed by atoms with Gasteiger partial charge in [0.2, 0.25) is 11.8 Å². The van der Waals surface area contributed by atoms with Crippen LogP contribution in [0.25, 0.3) is 0 Å². The van der Waals surface area contributed by atoms with Gasteiger partial charge in [-0.3, -0.25) is 9.59 Å². The lowest BCUT2D eigenvalue weighted by Gasteiger charge is -2.43. The monoisotopic (exact) mass is 313 g/mol. The van der Waals surface area contributed by atoms with Gasteiger partial charge in [0.05, 0.1) is 0 Å². The average Bonchev–Trinajstić information content (AvgIpc) is 2.64. The highest BCUT2D eigenvalue weighted by Gasteiger charge is 2.64. The van der Waals surface area contributed by atoms with Gasteiger partial charge >= 0.3 is 5.97 Å². The molecule has 8 heteroatoms. The molecule has 4 atom stereocenters. The van der Waals surface area contributed by atoms with E-state index in [-0.39, 0.29) is 11.3 Å². The van der Waals surface area contributed by atoms with E-state index in [1.165, 1.54) is 22.7 Å². The summed E-state index contributed by atoms with van der Waals surface area (Å²) in [5.74, 6) is -1.84. The van der Waals surface area contributed by atoms with Crippen LogP contribution >= 0.6 is 11.8 Å². The van der Waals surface area contributed by atoms with Crippen LogP contribution in [0, 0.1) is 0 Å². The first-order chi connectivity index (χ1) is 9.70. The van der Waals surface area contributed by atoms with Gasteiger partial charge in [-0.2, -0.15) is 0 Å². The third-order valence-corrected chi connectivity index (χ3v) is 5.25. The van der Waals surface area contributed by atoms with E-state index in [0.717, 1.165) is 0 Å². The molecule has 2 heterocycles. The van der Waals surface area contributed by atoms with Crippen LogP contribution in [-0.4, -0.2) is 56.0 Å². The van der Waals surface area contributed by atoms with Crippen molar-refractivity contribution in [1.29, 1.82) is 0 Å². The number of allylic oxidation sites excluding steroid dienone is 1. The van der Waals surface area contributed by atoms with Crippen molar-refractivity contribution in [2.45, 2.75) is 49.0 Å². The van der Waals surface area contributed by atoms with Crippen LogP contribution in [0.5, 0.6) is 0 Å². The molecule has 0 radical (unpaired) electrons. The molecule has 4 N–H and O–H groups in total. The Balaban J connectivity index is 2.10. The number of amides is 2. The molecule has 116 valence electrons. The van der Waals surface area contributed by atoms with Gasteiger partial charge in [0.1, 0.15) is 23.5 Å². The van der Waals surface area contributed by atoms with Crippen LogP contribution in [0.2, 0.25) is 0 Å². The summed E-state index contributed by atoms with van der Waals surface area (Å²) in [4.78, 5) is 36.7. The quantitative estimate of drug-likeness (QED) is 0.477. The molecule has 0 spiro atoms. The average molecular weight is 313 g/mol. The highest BCUT2D eigenvalue weighted by atomic mass is 32.2. The fraction of sp³-hybridized carbons (Fsp3) is 0.615. The van der Waals surface area contributed by atoms with Crippen molar-refractivity contribution in [2.75, 3.05) is 0 Å². The Morgan fingerprint density at radius 1 is 1.52 bits per heavy atom. The topological polar surface area (TPSA) is 113 Å². The first-order valence-electron chi connectivity index (χ1n) is 6.62. The Bertz CT molecular complexity index is 520. The Labute approximate surface area is 126 Å². The Hall–Kier alpha value is -1.54. The van der Waals surface area contributed by atoms with Crippen LogP contribution in [0.1, 0.15) is 20.8 Å². The lowest BCUT2D eigenvalue weighted by molar-refractivity contribution is -0.161. The molecule has 2 aliphatic rings. The number of β-lactam (4-membered cyclic amide) rings is 1. The molecule has 2 amide bonds. The van der Waals surface area contributed by atoms with Crippen molar-refractivity contribution in [2.24, 2.45) is 5.73 Å². The number of carboxylic acids is 1. The molecule has 2 fully saturated rings. The molecule has 0 aromatic carbocycles. The first kappa shape index (κ1) is 15.8. The number of hydrogen-bond acceptors (Lipinski definition) is 5. The summed E-state index contributed by atoms with van der Waals surface area (Å²) in [6, 6.07) is -2.40. The van der Waals surface area contributed by atoms with Crippen LogP contribution in [-0.2, 0) is 14.4 Å². The number of nitrogens with two attached hydrogens (primary N) is 1. The van der Waals surface area contributed by atoms with Gasteiger partial charge < -0.3 is 21.1 Å². The number of nitrogens with zero attached hydrogens (tertiary/aromatic N) is 1. The van der Waals surface area contributed by atoms with E-state index in [9.17, 15) is 19.5 Å². The standard InChI is InChI=1S/C13H19N3O4S/c1-4-5-6(14)9(17)15-7-10(18)16-8(12(19)20)13(2,3)21-11(7)16/h4-8,11H,14H2,1-3H3,(H,15,17)(H,19,20)/b5-4+/t6?,7-,8-,11+/m0/s1. The van der Waals surface area contributed by atoms with Gasteiger partial charge in [0.15, 0.2) is 0 Å². The third kappa shape index (κ3) is 2.53. The Morgan fingerprint density at radius 3 is 2.67 bits per heavy atom. The molecule has 0 bridgehead atoms. The van der Waals surface area contributed by atoms with Crippen molar-refractivity contribution in [3.8, 4) is 0 Å². The van der Waals surface area contributed by atoms with E-state index in [1.54, 1.807) is 26.8 Å². The zero-order chi connectivity index (χ0) is 15.9. The maximum atomic E-state index is 12.1. The second kappa shape index (κ2) is 5.34. The number of fused-ring (bicyclic) bond motifs is 1. The second-order valence-corrected chi connectivity index (χ2v) is 7.41. The lowest BCUT2D eigenvalue weighted by Crippen LogP contribution is -2.71. The third-order valence-electron chi connectivity index (χ3n) is 3.68. The number of carbonyl (C=O) groups is 3. The predicted molar refractivity (Wildman–Crippen MR) is 78.4 cm³/mol. The van der Waals surface area contributed by atoms with Crippen molar-refractivity contribution in [3.05, 3.63) is 12.2 Å². The van der Waals surface area contributed by atoms with Gasteiger partial charge in [0.25, 0.3) is 0 Å². The molecule has 2 saturated heterocycles. The van der Waals surface area contributed by atoms with Gasteiger partial charge in [-0.15, -0.1) is 11.8 Å². The Kier molecular flexibility index (Phi) is 4.03. The van der Waals surface area contributed by atoms with E-state index < -0.39 is 34.7 Å². The van der Waals surface area contributed by atoms with Crippen LogP contribution in [0.4, 0.5) is 0 Å². The number of rotatable bonds is 4. The number of hydrogen-bond donors (Lipinski definition) is 3. The fourth-order valence-electron chi connectivity index (χ4n) is 2.69. The number of nitrogens with one attached hydrogen (secondary N) is 1. The molecule has 21 heavy (non-hydrogen) atoms. The van der Waals surface area contributed by atoms with Gasteiger partial charge in [-0.25, -0.2) is 4.79 Å². The molecule has 0 aliphatic carbocycles. The molecule has 0 saturated carbocycles.